The van der Waals surface area contributed by atoms with Gasteiger partial charge in [-0.15, -0.1) is 0 Å². The molecule has 182 valence electrons. The van der Waals surface area contributed by atoms with Crippen LogP contribution in [-0.4, -0.2) is 17.1 Å². The van der Waals surface area contributed by atoms with Gasteiger partial charge in [0.05, 0.1) is 5.25 Å². The van der Waals surface area contributed by atoms with Crippen LogP contribution in [0.3, 0.4) is 0 Å². The number of nitriles is 1. The van der Waals surface area contributed by atoms with E-state index in [2.05, 4.69) is 42.6 Å². The summed E-state index contributed by atoms with van der Waals surface area (Å²) < 4.78 is 0. The number of hydrogen-bond acceptors (Lipinski definition) is 4. The average molecular weight is 496 g/mol. The van der Waals surface area contributed by atoms with Crippen molar-refractivity contribution in [3.8, 4) is 6.07 Å². The molecule has 1 saturated heterocycles. The van der Waals surface area contributed by atoms with Gasteiger partial charge in [-0.3, -0.25) is 14.5 Å². The van der Waals surface area contributed by atoms with Crippen LogP contribution in [0.4, 0.5) is 11.4 Å². The zero-order chi connectivity index (χ0) is 25.5. The zero-order valence-electron chi connectivity index (χ0n) is 20.5. The predicted octanol–water partition coefficient (Wildman–Crippen LogP) is 6.40. The summed E-state index contributed by atoms with van der Waals surface area (Å²) in [6, 6.07) is 27.0. The van der Waals surface area contributed by atoms with E-state index in [1.165, 1.54) is 22.2 Å². The molecule has 1 heterocycles. The molecule has 1 aliphatic heterocycles. The van der Waals surface area contributed by atoms with Crippen molar-refractivity contribution in [1.82, 2.24) is 0 Å². The number of amides is 2. The molecule has 36 heavy (non-hydrogen) atoms. The summed E-state index contributed by atoms with van der Waals surface area (Å²) in [6.45, 7) is 4.14. The number of benzene rings is 3. The second-order valence-corrected chi connectivity index (χ2v) is 10.0. The number of nitrogens with zero attached hydrogens (tertiary/aromatic N) is 2. The van der Waals surface area contributed by atoms with Crippen molar-refractivity contribution < 1.29 is 9.59 Å². The number of para-hydroxylation sites is 1. The van der Waals surface area contributed by atoms with E-state index in [0.717, 1.165) is 30.4 Å². The Bertz CT molecular complexity index is 1290. The van der Waals surface area contributed by atoms with Crippen LogP contribution >= 0.6 is 11.8 Å². The van der Waals surface area contributed by atoms with Gasteiger partial charge in [-0.2, -0.15) is 5.26 Å². The molecule has 4 rings (SSSR count). The molecular weight excluding hydrogens is 466 g/mol. The third-order valence-electron chi connectivity index (χ3n) is 6.09. The van der Waals surface area contributed by atoms with Crippen molar-refractivity contribution in [1.29, 1.82) is 5.26 Å². The maximum atomic E-state index is 13.6. The second-order valence-electron chi connectivity index (χ2n) is 8.85. The first-order chi connectivity index (χ1) is 17.5. The number of aryl methyl sites for hydroxylation is 2. The molecule has 2 amide bonds. The Morgan fingerprint density at radius 1 is 1.00 bits per heavy atom. The fourth-order valence-electron chi connectivity index (χ4n) is 4.07. The van der Waals surface area contributed by atoms with Crippen LogP contribution in [0.15, 0.2) is 89.5 Å². The number of carbonyl (C=O) groups excluding carboxylic acids is 2. The SMILES string of the molecule is CCCCc1ccc(C[C@@H]2S/C(=C(\C#N)C(=O)Nc3ccc(C)cc3)N(c3ccccc3)C2=O)cc1. The van der Waals surface area contributed by atoms with Crippen molar-refractivity contribution >= 4 is 35.0 Å². The largest absolute Gasteiger partial charge is 0.321 e. The van der Waals surface area contributed by atoms with Crippen LogP contribution in [-0.2, 0) is 22.4 Å². The maximum Gasteiger partial charge on any atom is 0.269 e. The Hall–Kier alpha value is -3.82. The van der Waals surface area contributed by atoms with Crippen LogP contribution in [0.2, 0.25) is 0 Å². The van der Waals surface area contributed by atoms with Gasteiger partial charge in [-0.1, -0.05) is 85.3 Å². The van der Waals surface area contributed by atoms with Gasteiger partial charge < -0.3 is 5.32 Å². The minimum Gasteiger partial charge on any atom is -0.321 e. The Morgan fingerprint density at radius 2 is 1.67 bits per heavy atom. The van der Waals surface area contributed by atoms with Crippen LogP contribution < -0.4 is 10.2 Å². The molecule has 0 spiro atoms. The van der Waals surface area contributed by atoms with Gasteiger partial charge in [0.1, 0.15) is 16.7 Å². The first kappa shape index (κ1) is 25.3. The monoisotopic (exact) mass is 495 g/mol. The molecule has 1 aliphatic rings. The summed E-state index contributed by atoms with van der Waals surface area (Å²) in [5.74, 6) is -0.661. The van der Waals surface area contributed by atoms with Crippen molar-refractivity contribution in [3.63, 3.8) is 0 Å². The minimum atomic E-state index is -0.529. The lowest BCUT2D eigenvalue weighted by atomic mass is 10.0. The molecule has 0 unspecified atom stereocenters. The average Bonchev–Trinajstić information content (AvgIpc) is 3.21. The molecule has 1 fully saturated rings. The van der Waals surface area contributed by atoms with E-state index in [1.54, 1.807) is 12.1 Å². The fraction of sp³-hybridized carbons (Fsp3) is 0.233. The first-order valence-electron chi connectivity index (χ1n) is 12.2. The van der Waals surface area contributed by atoms with Gasteiger partial charge >= 0.3 is 0 Å². The van der Waals surface area contributed by atoms with Gasteiger partial charge in [0.2, 0.25) is 5.91 Å². The van der Waals surface area contributed by atoms with E-state index in [9.17, 15) is 14.9 Å². The van der Waals surface area contributed by atoms with E-state index in [4.69, 9.17) is 0 Å². The van der Waals surface area contributed by atoms with Crippen molar-refractivity contribution in [2.24, 2.45) is 0 Å². The van der Waals surface area contributed by atoms with E-state index in [1.807, 2.05) is 49.4 Å². The van der Waals surface area contributed by atoms with Gasteiger partial charge in [0.15, 0.2) is 0 Å². The lowest BCUT2D eigenvalue weighted by molar-refractivity contribution is -0.117. The highest BCUT2D eigenvalue weighted by Crippen LogP contribution is 2.42. The highest BCUT2D eigenvalue weighted by atomic mass is 32.2. The van der Waals surface area contributed by atoms with Crippen molar-refractivity contribution in [2.45, 2.75) is 44.8 Å². The van der Waals surface area contributed by atoms with E-state index in [-0.39, 0.29) is 11.5 Å². The second kappa shape index (κ2) is 11.7. The molecule has 3 aromatic rings. The Kier molecular flexibility index (Phi) is 8.24. The van der Waals surface area contributed by atoms with Gasteiger partial charge in [0.25, 0.3) is 5.91 Å². The molecule has 1 atom stereocenters. The van der Waals surface area contributed by atoms with E-state index < -0.39 is 11.2 Å². The van der Waals surface area contributed by atoms with E-state index >= 15 is 0 Å². The molecule has 3 aromatic carbocycles. The standard InChI is InChI=1S/C30H29N3O2S/c1-3-4-8-22-13-15-23(16-14-22)19-27-29(35)33(25-9-6-5-7-10-25)30(36-27)26(20-31)28(34)32-24-17-11-21(2)12-18-24/h5-7,9-18,27H,3-4,8,19H2,1-2H3,(H,32,34)/b30-26+/t27-/m0/s1. The van der Waals surface area contributed by atoms with E-state index in [0.29, 0.717) is 22.8 Å². The van der Waals surface area contributed by atoms with Crippen LogP contribution in [0, 0.1) is 18.3 Å². The highest BCUT2D eigenvalue weighted by Gasteiger charge is 2.40. The zero-order valence-corrected chi connectivity index (χ0v) is 21.3. The topological polar surface area (TPSA) is 73.2 Å². The first-order valence-corrected chi connectivity index (χ1v) is 13.0. The van der Waals surface area contributed by atoms with Crippen LogP contribution in [0.5, 0.6) is 0 Å². The lowest BCUT2D eigenvalue weighted by Crippen LogP contribution is -2.30. The molecule has 1 N–H and O–H groups in total. The molecule has 0 bridgehead atoms. The van der Waals surface area contributed by atoms with Gasteiger partial charge in [-0.05, 0) is 61.6 Å². The number of unbranched alkanes of at least 4 members (excludes halogenated alkanes) is 1. The van der Waals surface area contributed by atoms with Gasteiger partial charge in [-0.25, -0.2) is 0 Å². The number of thioether (sulfide) groups is 1. The van der Waals surface area contributed by atoms with Crippen LogP contribution in [0.25, 0.3) is 0 Å². The van der Waals surface area contributed by atoms with Crippen molar-refractivity contribution in [2.75, 3.05) is 10.2 Å². The number of hydrogen-bond donors (Lipinski definition) is 1. The molecule has 0 aromatic heterocycles. The maximum absolute atomic E-state index is 13.6. The minimum absolute atomic E-state index is 0.0739. The summed E-state index contributed by atoms with van der Waals surface area (Å²) in [6.07, 6.45) is 3.86. The molecular formula is C30H29N3O2S. The molecule has 0 radical (unpaired) electrons. The summed E-state index contributed by atoms with van der Waals surface area (Å²) in [5.41, 5.74) is 4.57. The predicted molar refractivity (Wildman–Crippen MR) is 147 cm³/mol. The summed E-state index contributed by atoms with van der Waals surface area (Å²) in [5, 5.41) is 12.7. The van der Waals surface area contributed by atoms with Crippen molar-refractivity contribution in [3.05, 3.63) is 106 Å². The Balaban J connectivity index is 1.63. The summed E-state index contributed by atoms with van der Waals surface area (Å²) in [4.78, 5) is 28.3. The third kappa shape index (κ3) is 5.87. The molecule has 6 heteroatoms. The summed E-state index contributed by atoms with van der Waals surface area (Å²) >= 11 is 1.28. The Morgan fingerprint density at radius 3 is 2.31 bits per heavy atom. The fourth-order valence-corrected chi connectivity index (χ4v) is 5.37. The smallest absolute Gasteiger partial charge is 0.269 e. The highest BCUT2D eigenvalue weighted by molar-refractivity contribution is 8.05. The van der Waals surface area contributed by atoms with Crippen LogP contribution in [0.1, 0.15) is 36.5 Å². The summed E-state index contributed by atoms with van der Waals surface area (Å²) in [7, 11) is 0. The number of nitrogens with one attached hydrogen (secondary N) is 1. The number of anilines is 2. The normalized spacial score (nSPS) is 16.5. The lowest BCUT2D eigenvalue weighted by Gasteiger charge is -2.18. The molecule has 0 saturated carbocycles. The third-order valence-corrected chi connectivity index (χ3v) is 7.36. The molecule has 0 aliphatic carbocycles. The quantitative estimate of drug-likeness (QED) is 0.290. The molecule has 5 nitrogen and oxygen atoms in total. The number of rotatable bonds is 8. The number of carbonyl (C=O) groups is 2. The van der Waals surface area contributed by atoms with Gasteiger partial charge in [0, 0.05) is 11.4 Å². The Labute approximate surface area is 216 Å².